The molecule has 3 rings (SSSR count). The Morgan fingerprint density at radius 3 is 2.56 bits per heavy atom. The Hall–Kier alpha value is -3.11. The summed E-state index contributed by atoms with van der Waals surface area (Å²) in [6.45, 7) is 2.17. The molecule has 2 aromatic rings. The summed E-state index contributed by atoms with van der Waals surface area (Å²) >= 11 is 5.95. The smallest absolute Gasteiger partial charge is 0.266 e. The van der Waals surface area contributed by atoms with Crippen LogP contribution in [0.3, 0.4) is 0 Å². The van der Waals surface area contributed by atoms with Crippen LogP contribution in [0.4, 0.5) is 15.8 Å². The molecular weight excluding hydrogens is 369 g/mol. The standard InChI is InChI=1S/C19H17ClFN5O/c20-18-17(2-1-7-23-18)24-13-14(12-22)19(27)26-10-8-25(9-11-26)16-5-3-15(21)4-6-16/h1-7,13,24H,8-11H2/b14-13-. The Balaban J connectivity index is 1.62. The van der Waals surface area contributed by atoms with Crippen LogP contribution >= 0.6 is 11.6 Å². The number of hydrogen-bond donors (Lipinski definition) is 1. The van der Waals surface area contributed by atoms with Crippen molar-refractivity contribution in [2.75, 3.05) is 36.4 Å². The first-order valence-electron chi connectivity index (χ1n) is 8.35. The lowest BCUT2D eigenvalue weighted by Crippen LogP contribution is -2.49. The largest absolute Gasteiger partial charge is 0.368 e. The molecule has 0 atom stereocenters. The summed E-state index contributed by atoms with van der Waals surface area (Å²) in [6, 6.07) is 11.6. The maximum Gasteiger partial charge on any atom is 0.266 e. The van der Waals surface area contributed by atoms with E-state index in [4.69, 9.17) is 11.6 Å². The summed E-state index contributed by atoms with van der Waals surface area (Å²) in [5.41, 5.74) is 1.42. The number of anilines is 2. The number of carbonyl (C=O) groups is 1. The number of carbonyl (C=O) groups excluding carboxylic acids is 1. The van der Waals surface area contributed by atoms with Crippen LogP contribution in [0.1, 0.15) is 0 Å². The molecule has 0 radical (unpaired) electrons. The van der Waals surface area contributed by atoms with Crippen LogP contribution in [-0.2, 0) is 4.79 Å². The molecule has 1 aromatic carbocycles. The summed E-state index contributed by atoms with van der Waals surface area (Å²) in [5.74, 6) is -0.624. The van der Waals surface area contributed by atoms with E-state index >= 15 is 0 Å². The minimum absolute atomic E-state index is 0.00912. The number of amides is 1. The number of piperazine rings is 1. The van der Waals surface area contributed by atoms with Gasteiger partial charge in [0.2, 0.25) is 0 Å². The molecule has 1 saturated heterocycles. The van der Waals surface area contributed by atoms with Crippen molar-refractivity contribution in [2.24, 2.45) is 0 Å². The lowest BCUT2D eigenvalue weighted by Gasteiger charge is -2.36. The van der Waals surface area contributed by atoms with Crippen molar-refractivity contribution in [1.82, 2.24) is 9.88 Å². The SMILES string of the molecule is N#C/C(=C/Nc1cccnc1Cl)C(=O)N1CCN(c2ccc(F)cc2)CC1. The Bertz CT molecular complexity index is 886. The van der Waals surface area contributed by atoms with E-state index in [1.54, 1.807) is 35.4 Å². The highest BCUT2D eigenvalue weighted by Gasteiger charge is 2.24. The number of benzene rings is 1. The summed E-state index contributed by atoms with van der Waals surface area (Å²) in [5, 5.41) is 12.4. The molecule has 1 aliphatic rings. The monoisotopic (exact) mass is 385 g/mol. The summed E-state index contributed by atoms with van der Waals surface area (Å²) in [4.78, 5) is 20.2. The number of halogens is 2. The van der Waals surface area contributed by atoms with Crippen LogP contribution in [0.5, 0.6) is 0 Å². The van der Waals surface area contributed by atoms with Gasteiger partial charge in [0.05, 0.1) is 5.69 Å². The molecule has 0 unspecified atom stereocenters. The second kappa shape index (κ2) is 8.52. The van der Waals surface area contributed by atoms with E-state index in [1.165, 1.54) is 18.3 Å². The molecule has 0 spiro atoms. The molecule has 0 saturated carbocycles. The fraction of sp³-hybridized carbons (Fsp3) is 0.211. The Kier molecular flexibility index (Phi) is 5.89. The van der Waals surface area contributed by atoms with Crippen LogP contribution < -0.4 is 10.2 Å². The average Bonchev–Trinajstić information content (AvgIpc) is 2.70. The molecule has 2 heterocycles. The maximum absolute atomic E-state index is 13.0. The van der Waals surface area contributed by atoms with Crippen LogP contribution in [0.2, 0.25) is 5.15 Å². The summed E-state index contributed by atoms with van der Waals surface area (Å²) < 4.78 is 13.0. The third-order valence-electron chi connectivity index (χ3n) is 4.24. The summed E-state index contributed by atoms with van der Waals surface area (Å²) in [7, 11) is 0. The van der Waals surface area contributed by atoms with Gasteiger partial charge in [0.1, 0.15) is 17.5 Å². The van der Waals surface area contributed by atoms with Crippen molar-refractivity contribution in [2.45, 2.75) is 0 Å². The van der Waals surface area contributed by atoms with Crippen molar-refractivity contribution < 1.29 is 9.18 Å². The van der Waals surface area contributed by atoms with Gasteiger partial charge in [-0.1, -0.05) is 11.6 Å². The lowest BCUT2D eigenvalue weighted by molar-refractivity contribution is -0.127. The highest BCUT2D eigenvalue weighted by Crippen LogP contribution is 2.19. The zero-order valence-electron chi connectivity index (χ0n) is 14.4. The normalized spacial score (nSPS) is 14.6. The van der Waals surface area contributed by atoms with Crippen LogP contribution in [0.25, 0.3) is 0 Å². The predicted octanol–water partition coefficient (Wildman–Crippen LogP) is 3.04. The van der Waals surface area contributed by atoms with E-state index in [0.29, 0.717) is 31.9 Å². The molecule has 8 heteroatoms. The van der Waals surface area contributed by atoms with Gasteiger partial charge in [-0.15, -0.1) is 0 Å². The molecule has 1 amide bonds. The topological polar surface area (TPSA) is 72.3 Å². The second-order valence-corrected chi connectivity index (χ2v) is 6.27. The summed E-state index contributed by atoms with van der Waals surface area (Å²) in [6.07, 6.45) is 2.89. The van der Waals surface area contributed by atoms with E-state index in [0.717, 1.165) is 5.69 Å². The van der Waals surface area contributed by atoms with Crippen molar-refractivity contribution >= 4 is 28.9 Å². The molecule has 138 valence electrons. The molecule has 0 aliphatic carbocycles. The lowest BCUT2D eigenvalue weighted by atomic mass is 10.2. The first-order chi connectivity index (χ1) is 13.1. The zero-order valence-corrected chi connectivity index (χ0v) is 15.2. The minimum atomic E-state index is -0.344. The molecule has 0 bridgehead atoms. The van der Waals surface area contributed by atoms with E-state index in [1.807, 2.05) is 6.07 Å². The number of rotatable bonds is 4. The van der Waals surface area contributed by atoms with Crippen molar-refractivity contribution in [3.63, 3.8) is 0 Å². The molecule has 6 nitrogen and oxygen atoms in total. The van der Waals surface area contributed by atoms with Crippen molar-refractivity contribution in [1.29, 1.82) is 5.26 Å². The van der Waals surface area contributed by atoms with Gasteiger partial charge in [0.25, 0.3) is 5.91 Å². The van der Waals surface area contributed by atoms with Gasteiger partial charge in [-0.25, -0.2) is 9.37 Å². The number of nitriles is 1. The number of hydrogen-bond acceptors (Lipinski definition) is 5. The van der Waals surface area contributed by atoms with Crippen LogP contribution in [0, 0.1) is 17.1 Å². The Morgan fingerprint density at radius 2 is 1.93 bits per heavy atom. The molecule has 1 aromatic heterocycles. The third kappa shape index (κ3) is 4.54. The number of nitrogens with one attached hydrogen (secondary N) is 1. The van der Waals surface area contributed by atoms with Crippen LogP contribution in [0.15, 0.2) is 54.4 Å². The van der Waals surface area contributed by atoms with Gasteiger partial charge >= 0.3 is 0 Å². The van der Waals surface area contributed by atoms with Gasteiger partial charge in [-0.05, 0) is 36.4 Å². The third-order valence-corrected chi connectivity index (χ3v) is 4.54. The fourth-order valence-electron chi connectivity index (χ4n) is 2.78. The Morgan fingerprint density at radius 1 is 1.22 bits per heavy atom. The van der Waals surface area contributed by atoms with Crippen molar-refractivity contribution in [3.05, 3.63) is 65.3 Å². The molecule has 27 heavy (non-hydrogen) atoms. The van der Waals surface area contributed by atoms with E-state index in [-0.39, 0.29) is 22.5 Å². The number of aromatic nitrogens is 1. The van der Waals surface area contributed by atoms with Gasteiger partial charge in [-0.2, -0.15) is 5.26 Å². The zero-order chi connectivity index (χ0) is 19.2. The Labute approximate surface area is 161 Å². The minimum Gasteiger partial charge on any atom is -0.368 e. The molecule has 1 aliphatic heterocycles. The first-order valence-corrected chi connectivity index (χ1v) is 8.73. The average molecular weight is 386 g/mol. The van der Waals surface area contributed by atoms with E-state index < -0.39 is 0 Å². The number of pyridine rings is 1. The van der Waals surface area contributed by atoms with Gasteiger partial charge in [-0.3, -0.25) is 4.79 Å². The molecule has 1 fully saturated rings. The quantitative estimate of drug-likeness (QED) is 0.497. The van der Waals surface area contributed by atoms with E-state index in [9.17, 15) is 14.4 Å². The first kappa shape index (κ1) is 18.7. The van der Waals surface area contributed by atoms with Crippen molar-refractivity contribution in [3.8, 4) is 6.07 Å². The second-order valence-electron chi connectivity index (χ2n) is 5.91. The molecule has 1 N–H and O–H groups in total. The maximum atomic E-state index is 13.0. The number of nitrogens with zero attached hydrogens (tertiary/aromatic N) is 4. The highest BCUT2D eigenvalue weighted by atomic mass is 35.5. The predicted molar refractivity (Wildman–Crippen MR) is 102 cm³/mol. The van der Waals surface area contributed by atoms with E-state index in [2.05, 4.69) is 15.2 Å². The fourth-order valence-corrected chi connectivity index (χ4v) is 2.95. The van der Waals surface area contributed by atoms with Crippen LogP contribution in [-0.4, -0.2) is 42.0 Å². The van der Waals surface area contributed by atoms with Gasteiger partial charge in [0.15, 0.2) is 5.15 Å². The van der Waals surface area contributed by atoms with Gasteiger partial charge in [0, 0.05) is 44.3 Å². The highest BCUT2D eigenvalue weighted by molar-refractivity contribution is 6.32. The van der Waals surface area contributed by atoms with Gasteiger partial charge < -0.3 is 15.1 Å². The molecular formula is C19H17ClFN5O.